The summed E-state index contributed by atoms with van der Waals surface area (Å²) in [5, 5.41) is 3.84. The van der Waals surface area contributed by atoms with Gasteiger partial charge in [0.2, 0.25) is 5.91 Å². The van der Waals surface area contributed by atoms with E-state index in [0.717, 1.165) is 56.4 Å². The SMILES string of the molecule is O=C1Nc2ccccc2CC1CN1CCN(Cc2ccc(Cl)cc2)CC1. The van der Waals surface area contributed by atoms with Gasteiger partial charge in [0.15, 0.2) is 0 Å². The highest BCUT2D eigenvalue weighted by Crippen LogP contribution is 2.26. The summed E-state index contributed by atoms with van der Waals surface area (Å²) in [5.41, 5.74) is 3.52. The zero-order valence-electron chi connectivity index (χ0n) is 14.8. The summed E-state index contributed by atoms with van der Waals surface area (Å²) in [4.78, 5) is 17.3. The molecule has 4 rings (SSSR count). The molecule has 0 aromatic heterocycles. The van der Waals surface area contributed by atoms with E-state index in [0.29, 0.717) is 0 Å². The first kappa shape index (κ1) is 17.5. The Kier molecular flexibility index (Phi) is 5.25. The van der Waals surface area contributed by atoms with Gasteiger partial charge < -0.3 is 5.32 Å². The van der Waals surface area contributed by atoms with Crippen LogP contribution in [0.2, 0.25) is 5.02 Å². The van der Waals surface area contributed by atoms with Gasteiger partial charge in [-0.3, -0.25) is 14.6 Å². The number of benzene rings is 2. The van der Waals surface area contributed by atoms with Crippen LogP contribution >= 0.6 is 11.6 Å². The number of halogens is 1. The van der Waals surface area contributed by atoms with Crippen LogP contribution in [-0.2, 0) is 17.8 Å². The molecule has 5 heteroatoms. The molecule has 0 spiro atoms. The summed E-state index contributed by atoms with van der Waals surface area (Å²) >= 11 is 5.96. The van der Waals surface area contributed by atoms with Crippen LogP contribution in [0.3, 0.4) is 0 Å². The van der Waals surface area contributed by atoms with Crippen LogP contribution in [0.15, 0.2) is 48.5 Å². The van der Waals surface area contributed by atoms with Crippen molar-refractivity contribution in [2.75, 3.05) is 38.0 Å². The van der Waals surface area contributed by atoms with E-state index in [4.69, 9.17) is 11.6 Å². The van der Waals surface area contributed by atoms with E-state index in [1.165, 1.54) is 11.1 Å². The standard InChI is InChI=1S/C21H24ClN3O/c22-19-7-5-16(6-8-19)14-24-9-11-25(12-10-24)15-18-13-17-3-1-2-4-20(17)23-21(18)26/h1-8,18H,9-15H2,(H,23,26). The summed E-state index contributed by atoms with van der Waals surface area (Å²) in [6.07, 6.45) is 0.840. The second kappa shape index (κ2) is 7.78. The van der Waals surface area contributed by atoms with Crippen LogP contribution in [0.25, 0.3) is 0 Å². The second-order valence-electron chi connectivity index (χ2n) is 7.25. The molecule has 1 N–H and O–H groups in total. The molecule has 2 aliphatic heterocycles. The summed E-state index contributed by atoms with van der Waals surface area (Å²) in [7, 11) is 0. The lowest BCUT2D eigenvalue weighted by atomic mass is 9.92. The van der Waals surface area contributed by atoms with Crippen molar-refractivity contribution >= 4 is 23.2 Å². The molecule has 0 saturated carbocycles. The monoisotopic (exact) mass is 369 g/mol. The molecule has 0 aliphatic carbocycles. The van der Waals surface area contributed by atoms with Crippen molar-refractivity contribution in [1.82, 2.24) is 9.80 Å². The van der Waals surface area contributed by atoms with Crippen LogP contribution in [-0.4, -0.2) is 48.4 Å². The number of fused-ring (bicyclic) bond motifs is 1. The number of carbonyl (C=O) groups excluding carboxylic acids is 1. The van der Waals surface area contributed by atoms with Gasteiger partial charge in [0.25, 0.3) is 0 Å². The van der Waals surface area contributed by atoms with Gasteiger partial charge in [0, 0.05) is 50.0 Å². The third kappa shape index (κ3) is 4.09. The van der Waals surface area contributed by atoms with E-state index < -0.39 is 0 Å². The van der Waals surface area contributed by atoms with Gasteiger partial charge in [0.05, 0.1) is 5.92 Å². The minimum absolute atomic E-state index is 0.0488. The minimum Gasteiger partial charge on any atom is -0.326 e. The van der Waals surface area contributed by atoms with Crippen LogP contribution in [0, 0.1) is 5.92 Å². The van der Waals surface area contributed by atoms with E-state index in [1.54, 1.807) is 0 Å². The topological polar surface area (TPSA) is 35.6 Å². The molecule has 1 unspecified atom stereocenters. The lowest BCUT2D eigenvalue weighted by Crippen LogP contribution is -2.49. The third-order valence-corrected chi connectivity index (χ3v) is 5.63. The first-order chi connectivity index (χ1) is 12.7. The van der Waals surface area contributed by atoms with Gasteiger partial charge in [-0.15, -0.1) is 0 Å². The van der Waals surface area contributed by atoms with E-state index in [-0.39, 0.29) is 11.8 Å². The molecule has 0 radical (unpaired) electrons. The van der Waals surface area contributed by atoms with Crippen molar-refractivity contribution in [3.8, 4) is 0 Å². The molecule has 2 heterocycles. The summed E-state index contributed by atoms with van der Waals surface area (Å²) in [6, 6.07) is 16.2. The Labute approximate surface area is 159 Å². The maximum atomic E-state index is 12.4. The normalized spacial score (nSPS) is 21.3. The van der Waals surface area contributed by atoms with Gasteiger partial charge >= 0.3 is 0 Å². The van der Waals surface area contributed by atoms with Gasteiger partial charge in [-0.2, -0.15) is 0 Å². The number of anilines is 1. The smallest absolute Gasteiger partial charge is 0.229 e. The molecule has 2 aromatic carbocycles. The highest BCUT2D eigenvalue weighted by atomic mass is 35.5. The summed E-state index contributed by atoms with van der Waals surface area (Å²) in [5.74, 6) is 0.208. The Hall–Kier alpha value is -1.88. The maximum absolute atomic E-state index is 12.4. The first-order valence-corrected chi connectivity index (χ1v) is 9.63. The molecule has 2 aromatic rings. The number of para-hydroxylation sites is 1. The quantitative estimate of drug-likeness (QED) is 0.898. The number of nitrogens with one attached hydrogen (secondary N) is 1. The molecule has 2 aliphatic rings. The largest absolute Gasteiger partial charge is 0.326 e. The summed E-state index contributed by atoms with van der Waals surface area (Å²) in [6.45, 7) is 5.90. The van der Waals surface area contributed by atoms with Crippen molar-refractivity contribution in [3.05, 3.63) is 64.7 Å². The van der Waals surface area contributed by atoms with Crippen molar-refractivity contribution < 1.29 is 4.79 Å². The Morgan fingerprint density at radius 1 is 0.962 bits per heavy atom. The number of piperazine rings is 1. The second-order valence-corrected chi connectivity index (χ2v) is 7.69. The highest BCUT2D eigenvalue weighted by Gasteiger charge is 2.28. The van der Waals surface area contributed by atoms with Crippen molar-refractivity contribution in [2.45, 2.75) is 13.0 Å². The number of hydrogen-bond donors (Lipinski definition) is 1. The maximum Gasteiger partial charge on any atom is 0.229 e. The predicted octanol–water partition coefficient (Wildman–Crippen LogP) is 3.27. The fourth-order valence-corrected chi connectivity index (χ4v) is 3.98. The first-order valence-electron chi connectivity index (χ1n) is 9.25. The van der Waals surface area contributed by atoms with E-state index >= 15 is 0 Å². The average molecular weight is 370 g/mol. The van der Waals surface area contributed by atoms with Gasteiger partial charge in [-0.05, 0) is 35.7 Å². The highest BCUT2D eigenvalue weighted by molar-refractivity contribution is 6.30. The number of rotatable bonds is 4. The Bertz CT molecular complexity index is 769. The molecule has 4 nitrogen and oxygen atoms in total. The molecular weight excluding hydrogens is 346 g/mol. The zero-order valence-corrected chi connectivity index (χ0v) is 15.6. The predicted molar refractivity (Wildman–Crippen MR) is 105 cm³/mol. The minimum atomic E-state index is 0.0488. The van der Waals surface area contributed by atoms with Gasteiger partial charge in [-0.1, -0.05) is 41.9 Å². The average Bonchev–Trinajstić information content (AvgIpc) is 2.66. The molecule has 1 atom stereocenters. The number of hydrogen-bond acceptors (Lipinski definition) is 3. The molecule has 1 saturated heterocycles. The Morgan fingerprint density at radius 3 is 2.42 bits per heavy atom. The lowest BCUT2D eigenvalue weighted by Gasteiger charge is -2.37. The number of amides is 1. The van der Waals surface area contributed by atoms with Gasteiger partial charge in [0.1, 0.15) is 0 Å². The molecule has 1 fully saturated rings. The van der Waals surface area contributed by atoms with Crippen molar-refractivity contribution in [1.29, 1.82) is 0 Å². The molecule has 26 heavy (non-hydrogen) atoms. The molecule has 136 valence electrons. The fourth-order valence-electron chi connectivity index (χ4n) is 3.85. The molecular formula is C21H24ClN3O. The van der Waals surface area contributed by atoms with Gasteiger partial charge in [-0.25, -0.2) is 0 Å². The lowest BCUT2D eigenvalue weighted by molar-refractivity contribution is -0.121. The molecule has 1 amide bonds. The van der Waals surface area contributed by atoms with Crippen LogP contribution in [0.5, 0.6) is 0 Å². The summed E-state index contributed by atoms with van der Waals surface area (Å²) < 4.78 is 0. The van der Waals surface area contributed by atoms with Crippen LogP contribution in [0.4, 0.5) is 5.69 Å². The Balaban J connectivity index is 1.29. The van der Waals surface area contributed by atoms with E-state index in [2.05, 4.69) is 33.3 Å². The van der Waals surface area contributed by atoms with Crippen LogP contribution in [0.1, 0.15) is 11.1 Å². The Morgan fingerprint density at radius 2 is 1.65 bits per heavy atom. The van der Waals surface area contributed by atoms with E-state index in [9.17, 15) is 4.79 Å². The zero-order chi connectivity index (χ0) is 17.9. The number of nitrogens with zero attached hydrogens (tertiary/aromatic N) is 2. The fraction of sp³-hybridized carbons (Fsp3) is 0.381. The van der Waals surface area contributed by atoms with E-state index in [1.807, 2.05) is 30.3 Å². The van der Waals surface area contributed by atoms with Crippen molar-refractivity contribution in [3.63, 3.8) is 0 Å². The number of carbonyl (C=O) groups is 1. The van der Waals surface area contributed by atoms with Crippen LogP contribution < -0.4 is 5.32 Å². The van der Waals surface area contributed by atoms with Crippen molar-refractivity contribution in [2.24, 2.45) is 5.92 Å². The third-order valence-electron chi connectivity index (χ3n) is 5.38. The molecule has 0 bridgehead atoms.